The van der Waals surface area contributed by atoms with Gasteiger partial charge in [0, 0.05) is 17.8 Å². The molecule has 3 rings (SSSR count). The maximum absolute atomic E-state index is 13.0. The standard InChI is InChI=1S/C26H30N2O2/c1-20-13-15-23(16-14-20)27-25(29)28(26(2,3)4)18-22-11-8-12-24(17-22)30-19-21-9-6-5-7-10-21/h5-17H,18-19H2,1-4H3,(H,27,29). The molecular weight excluding hydrogens is 372 g/mol. The SMILES string of the molecule is Cc1ccc(NC(=O)N(Cc2cccc(OCc3ccccc3)c2)C(C)(C)C)cc1. The first-order valence-electron chi connectivity index (χ1n) is 10.2. The fourth-order valence-electron chi connectivity index (χ4n) is 3.10. The van der Waals surface area contributed by atoms with Crippen LogP contribution in [-0.4, -0.2) is 16.5 Å². The fraction of sp³-hybridized carbons (Fsp3) is 0.269. The zero-order valence-electron chi connectivity index (χ0n) is 18.2. The van der Waals surface area contributed by atoms with Crippen molar-refractivity contribution >= 4 is 11.7 Å². The minimum atomic E-state index is -0.338. The summed E-state index contributed by atoms with van der Waals surface area (Å²) < 4.78 is 5.95. The first-order chi connectivity index (χ1) is 14.3. The summed E-state index contributed by atoms with van der Waals surface area (Å²) in [7, 11) is 0. The number of benzene rings is 3. The Labute approximate surface area is 179 Å². The summed E-state index contributed by atoms with van der Waals surface area (Å²) in [4.78, 5) is 14.9. The quantitative estimate of drug-likeness (QED) is 0.518. The minimum Gasteiger partial charge on any atom is -0.489 e. The second-order valence-electron chi connectivity index (χ2n) is 8.47. The van der Waals surface area contributed by atoms with Crippen LogP contribution in [0, 0.1) is 6.92 Å². The Hall–Kier alpha value is -3.27. The van der Waals surface area contributed by atoms with Crippen molar-refractivity contribution in [1.82, 2.24) is 4.90 Å². The molecule has 3 aromatic rings. The predicted molar refractivity (Wildman–Crippen MR) is 123 cm³/mol. The van der Waals surface area contributed by atoms with Gasteiger partial charge in [-0.05, 0) is 63.1 Å². The maximum Gasteiger partial charge on any atom is 0.322 e. The number of rotatable bonds is 6. The van der Waals surface area contributed by atoms with Gasteiger partial charge in [-0.2, -0.15) is 0 Å². The van der Waals surface area contributed by atoms with Crippen LogP contribution in [0.15, 0.2) is 78.9 Å². The van der Waals surface area contributed by atoms with E-state index in [9.17, 15) is 4.79 Å². The van der Waals surface area contributed by atoms with E-state index in [1.165, 1.54) is 0 Å². The van der Waals surface area contributed by atoms with Gasteiger partial charge in [0.05, 0.1) is 0 Å². The van der Waals surface area contributed by atoms with E-state index in [1.807, 2.05) is 111 Å². The third-order valence-corrected chi connectivity index (χ3v) is 4.85. The predicted octanol–water partition coefficient (Wildman–Crippen LogP) is 6.41. The average molecular weight is 403 g/mol. The third kappa shape index (κ3) is 6.11. The van der Waals surface area contributed by atoms with E-state index >= 15 is 0 Å². The summed E-state index contributed by atoms with van der Waals surface area (Å²) in [5.41, 5.74) is 3.76. The molecule has 0 atom stereocenters. The van der Waals surface area contributed by atoms with Gasteiger partial charge in [0.1, 0.15) is 12.4 Å². The number of anilines is 1. The average Bonchev–Trinajstić information content (AvgIpc) is 2.72. The molecule has 4 heteroatoms. The molecule has 0 bridgehead atoms. The molecule has 0 heterocycles. The van der Waals surface area contributed by atoms with E-state index in [2.05, 4.69) is 5.32 Å². The summed E-state index contributed by atoms with van der Waals surface area (Å²) in [6.45, 7) is 9.15. The molecule has 0 aliphatic carbocycles. The van der Waals surface area contributed by atoms with Gasteiger partial charge in [-0.3, -0.25) is 0 Å². The van der Waals surface area contributed by atoms with Gasteiger partial charge in [0.25, 0.3) is 0 Å². The Morgan fingerprint density at radius 1 is 0.900 bits per heavy atom. The van der Waals surface area contributed by atoms with E-state index in [0.29, 0.717) is 13.2 Å². The van der Waals surface area contributed by atoms with E-state index in [4.69, 9.17) is 4.74 Å². The molecule has 0 aliphatic rings. The van der Waals surface area contributed by atoms with Gasteiger partial charge in [0.15, 0.2) is 0 Å². The third-order valence-electron chi connectivity index (χ3n) is 4.85. The van der Waals surface area contributed by atoms with Crippen molar-refractivity contribution in [2.45, 2.75) is 46.4 Å². The van der Waals surface area contributed by atoms with Crippen molar-refractivity contribution in [3.05, 3.63) is 95.6 Å². The Kier molecular flexibility index (Phi) is 6.78. The molecule has 4 nitrogen and oxygen atoms in total. The Morgan fingerprint density at radius 3 is 2.23 bits per heavy atom. The van der Waals surface area contributed by atoms with Crippen LogP contribution in [0.3, 0.4) is 0 Å². The van der Waals surface area contributed by atoms with Crippen LogP contribution in [0.1, 0.15) is 37.5 Å². The van der Waals surface area contributed by atoms with Crippen LogP contribution < -0.4 is 10.1 Å². The van der Waals surface area contributed by atoms with Gasteiger partial charge < -0.3 is 15.0 Å². The number of amides is 2. The fourth-order valence-corrected chi connectivity index (χ4v) is 3.10. The lowest BCUT2D eigenvalue weighted by Crippen LogP contribution is -2.47. The van der Waals surface area contributed by atoms with Crippen LogP contribution in [0.2, 0.25) is 0 Å². The van der Waals surface area contributed by atoms with Gasteiger partial charge in [-0.1, -0.05) is 60.2 Å². The molecule has 0 saturated heterocycles. The van der Waals surface area contributed by atoms with Crippen molar-refractivity contribution in [3.8, 4) is 5.75 Å². The number of nitrogens with zero attached hydrogens (tertiary/aromatic N) is 1. The first kappa shape index (κ1) is 21.4. The molecule has 0 radical (unpaired) electrons. The Morgan fingerprint density at radius 2 is 1.57 bits per heavy atom. The minimum absolute atomic E-state index is 0.123. The summed E-state index contributed by atoms with van der Waals surface area (Å²) in [5, 5.41) is 3.01. The van der Waals surface area contributed by atoms with Gasteiger partial charge in [-0.25, -0.2) is 4.79 Å². The molecule has 0 aliphatic heterocycles. The van der Waals surface area contributed by atoms with E-state index < -0.39 is 0 Å². The zero-order chi connectivity index (χ0) is 21.6. The van der Waals surface area contributed by atoms with Crippen molar-refractivity contribution in [1.29, 1.82) is 0 Å². The van der Waals surface area contributed by atoms with E-state index in [1.54, 1.807) is 0 Å². The highest BCUT2D eigenvalue weighted by atomic mass is 16.5. The summed E-state index contributed by atoms with van der Waals surface area (Å²) in [5.74, 6) is 0.796. The number of nitrogens with one attached hydrogen (secondary N) is 1. The summed E-state index contributed by atoms with van der Waals surface area (Å²) in [6.07, 6.45) is 0. The second-order valence-corrected chi connectivity index (χ2v) is 8.47. The molecule has 156 valence electrons. The molecular formula is C26H30N2O2. The normalized spacial score (nSPS) is 11.1. The number of hydrogen-bond donors (Lipinski definition) is 1. The lowest BCUT2D eigenvalue weighted by atomic mass is 10.0. The number of carbonyl (C=O) groups excluding carboxylic acids is 1. The number of ether oxygens (including phenoxy) is 1. The number of hydrogen-bond acceptors (Lipinski definition) is 2. The molecule has 0 aromatic heterocycles. The van der Waals surface area contributed by atoms with Gasteiger partial charge >= 0.3 is 6.03 Å². The summed E-state index contributed by atoms with van der Waals surface area (Å²) in [6, 6.07) is 25.7. The molecule has 30 heavy (non-hydrogen) atoms. The lowest BCUT2D eigenvalue weighted by molar-refractivity contribution is 0.151. The van der Waals surface area contributed by atoms with Crippen molar-refractivity contribution in [2.75, 3.05) is 5.32 Å². The molecule has 0 spiro atoms. The van der Waals surface area contributed by atoms with Crippen molar-refractivity contribution in [2.24, 2.45) is 0 Å². The highest BCUT2D eigenvalue weighted by molar-refractivity contribution is 5.89. The van der Waals surface area contributed by atoms with Crippen molar-refractivity contribution < 1.29 is 9.53 Å². The number of carbonyl (C=O) groups is 1. The van der Waals surface area contributed by atoms with Crippen LogP contribution in [0.25, 0.3) is 0 Å². The second kappa shape index (κ2) is 9.49. The van der Waals surface area contributed by atoms with Crippen molar-refractivity contribution in [3.63, 3.8) is 0 Å². The number of aryl methyl sites for hydroxylation is 1. The van der Waals surface area contributed by atoms with Crippen LogP contribution in [-0.2, 0) is 13.2 Å². The molecule has 2 amide bonds. The van der Waals surface area contributed by atoms with E-state index in [-0.39, 0.29) is 11.6 Å². The molecule has 3 aromatic carbocycles. The van der Waals surface area contributed by atoms with Gasteiger partial charge in [-0.15, -0.1) is 0 Å². The van der Waals surface area contributed by atoms with E-state index in [0.717, 1.165) is 28.1 Å². The number of urea groups is 1. The molecule has 0 unspecified atom stereocenters. The maximum atomic E-state index is 13.0. The highest BCUT2D eigenvalue weighted by Crippen LogP contribution is 2.22. The molecule has 0 saturated carbocycles. The molecule has 0 fully saturated rings. The molecule has 1 N–H and O–H groups in total. The Bertz CT molecular complexity index is 960. The van der Waals surface area contributed by atoms with Crippen LogP contribution >= 0.6 is 0 Å². The summed E-state index contributed by atoms with van der Waals surface area (Å²) >= 11 is 0. The Balaban J connectivity index is 1.70. The highest BCUT2D eigenvalue weighted by Gasteiger charge is 2.26. The van der Waals surface area contributed by atoms with Crippen LogP contribution in [0.5, 0.6) is 5.75 Å². The zero-order valence-corrected chi connectivity index (χ0v) is 18.2. The van der Waals surface area contributed by atoms with Crippen LogP contribution in [0.4, 0.5) is 10.5 Å². The topological polar surface area (TPSA) is 41.6 Å². The first-order valence-corrected chi connectivity index (χ1v) is 10.2. The monoisotopic (exact) mass is 402 g/mol. The smallest absolute Gasteiger partial charge is 0.322 e. The largest absolute Gasteiger partial charge is 0.489 e. The van der Waals surface area contributed by atoms with Gasteiger partial charge in [0.2, 0.25) is 0 Å². The lowest BCUT2D eigenvalue weighted by Gasteiger charge is -2.36.